The lowest BCUT2D eigenvalue weighted by Crippen LogP contribution is -2.25. The fraction of sp³-hybridized carbons (Fsp3) is 0.182. The summed E-state index contributed by atoms with van der Waals surface area (Å²) in [5.74, 6) is 0.325. The number of hydrogen-bond donors (Lipinski definition) is 2. The van der Waals surface area contributed by atoms with Gasteiger partial charge >= 0.3 is 0 Å². The van der Waals surface area contributed by atoms with E-state index in [2.05, 4.69) is 43.3 Å². The fourth-order valence-electron chi connectivity index (χ4n) is 2.82. The van der Waals surface area contributed by atoms with Gasteiger partial charge in [-0.3, -0.25) is 9.59 Å². The molecule has 0 radical (unpaired) electrons. The lowest BCUT2D eigenvalue weighted by atomic mass is 10.1. The van der Waals surface area contributed by atoms with E-state index in [4.69, 9.17) is 11.6 Å². The van der Waals surface area contributed by atoms with E-state index in [-0.39, 0.29) is 24.1 Å². The average Bonchev–Trinajstić information content (AvgIpc) is 3.15. The zero-order chi connectivity index (χ0) is 23.1. The highest BCUT2D eigenvalue weighted by Gasteiger charge is 2.15. The Labute approximate surface area is 203 Å². The number of allylic oxidation sites excluding steroid dienone is 1. The van der Waals surface area contributed by atoms with E-state index < -0.39 is 0 Å². The molecule has 0 aliphatic carbocycles. The molecule has 7 nitrogen and oxygen atoms in total. The lowest BCUT2D eigenvalue weighted by molar-refractivity contribution is -0.113. The predicted octanol–water partition coefficient (Wildman–Crippen LogP) is 4.85. The van der Waals surface area contributed by atoms with Crippen molar-refractivity contribution in [1.29, 1.82) is 0 Å². The molecule has 0 spiro atoms. The summed E-state index contributed by atoms with van der Waals surface area (Å²) in [5, 5.41) is 15.1. The number of amides is 2. The molecular weight excluding hydrogens is 514 g/mol. The third kappa shape index (κ3) is 6.44. The van der Waals surface area contributed by atoms with Gasteiger partial charge in [-0.05, 0) is 53.2 Å². The SMILES string of the molecule is C=CCn1c(CNC(=O)c2cccc(C)c2)nnc1SCC(=O)Nc1ccc(Br)c(Cl)c1. The zero-order valence-electron chi connectivity index (χ0n) is 17.3. The van der Waals surface area contributed by atoms with Crippen molar-refractivity contribution in [2.75, 3.05) is 11.1 Å². The summed E-state index contributed by atoms with van der Waals surface area (Å²) in [6.45, 7) is 6.36. The Morgan fingerprint density at radius 3 is 2.78 bits per heavy atom. The van der Waals surface area contributed by atoms with Gasteiger partial charge in [0.15, 0.2) is 11.0 Å². The van der Waals surface area contributed by atoms with Gasteiger partial charge in [0.1, 0.15) is 0 Å². The predicted molar refractivity (Wildman–Crippen MR) is 131 cm³/mol. The number of thioether (sulfide) groups is 1. The van der Waals surface area contributed by atoms with Gasteiger partial charge in [0.25, 0.3) is 5.91 Å². The van der Waals surface area contributed by atoms with Gasteiger partial charge in [0.2, 0.25) is 5.91 Å². The second-order valence-corrected chi connectivity index (χ2v) is 9.02. The van der Waals surface area contributed by atoms with Crippen molar-refractivity contribution < 1.29 is 9.59 Å². The first-order valence-corrected chi connectivity index (χ1v) is 11.8. The Bertz CT molecular complexity index is 1150. The number of aryl methyl sites for hydroxylation is 1. The van der Waals surface area contributed by atoms with Crippen LogP contribution in [0.15, 0.2) is 64.7 Å². The molecule has 10 heteroatoms. The van der Waals surface area contributed by atoms with Crippen molar-refractivity contribution in [2.45, 2.75) is 25.2 Å². The standard InChI is InChI=1S/C22H21BrClN5O2S/c1-3-9-29-19(12-25-21(31)15-6-4-5-14(2)10-15)27-28-22(29)32-13-20(30)26-16-7-8-17(23)18(24)11-16/h3-8,10-11H,1,9,12-13H2,2H3,(H,25,31)(H,26,30). The van der Waals surface area contributed by atoms with Gasteiger partial charge < -0.3 is 15.2 Å². The molecule has 0 aliphatic rings. The Balaban J connectivity index is 1.61. The van der Waals surface area contributed by atoms with Crippen molar-refractivity contribution >= 4 is 56.8 Å². The second kappa shape index (κ2) is 11.3. The van der Waals surface area contributed by atoms with E-state index in [9.17, 15) is 9.59 Å². The van der Waals surface area contributed by atoms with Crippen molar-refractivity contribution in [3.05, 3.63) is 81.6 Å². The normalized spacial score (nSPS) is 10.6. The topological polar surface area (TPSA) is 88.9 Å². The highest BCUT2D eigenvalue weighted by atomic mass is 79.9. The molecule has 32 heavy (non-hydrogen) atoms. The second-order valence-electron chi connectivity index (χ2n) is 6.82. The molecule has 0 fully saturated rings. The lowest BCUT2D eigenvalue weighted by Gasteiger charge is -2.09. The summed E-state index contributed by atoms with van der Waals surface area (Å²) in [4.78, 5) is 24.8. The van der Waals surface area contributed by atoms with Crippen molar-refractivity contribution in [3.8, 4) is 0 Å². The Morgan fingerprint density at radius 1 is 1.25 bits per heavy atom. The van der Waals surface area contributed by atoms with Crippen LogP contribution in [0.4, 0.5) is 5.69 Å². The number of anilines is 1. The molecule has 0 aliphatic heterocycles. The van der Waals surface area contributed by atoms with Crippen LogP contribution < -0.4 is 10.6 Å². The third-order valence-electron chi connectivity index (χ3n) is 4.33. The molecule has 3 rings (SSSR count). The molecule has 2 aromatic carbocycles. The van der Waals surface area contributed by atoms with Crippen LogP contribution in [0.2, 0.25) is 5.02 Å². The molecule has 0 unspecified atom stereocenters. The molecule has 166 valence electrons. The summed E-state index contributed by atoms with van der Waals surface area (Å²) in [5.41, 5.74) is 2.20. The van der Waals surface area contributed by atoms with Crippen LogP contribution in [-0.2, 0) is 17.9 Å². The Hall–Kier alpha value is -2.62. The molecule has 1 aromatic heterocycles. The summed E-state index contributed by atoms with van der Waals surface area (Å²) in [6, 6.07) is 12.5. The van der Waals surface area contributed by atoms with E-state index in [1.54, 1.807) is 30.3 Å². The molecule has 0 bridgehead atoms. The van der Waals surface area contributed by atoms with Gasteiger partial charge in [-0.15, -0.1) is 16.8 Å². The van der Waals surface area contributed by atoms with E-state index in [0.29, 0.717) is 33.8 Å². The van der Waals surface area contributed by atoms with Crippen LogP contribution in [0.1, 0.15) is 21.7 Å². The number of carbonyl (C=O) groups excluding carboxylic acids is 2. The maximum atomic E-state index is 12.4. The molecule has 2 N–H and O–H groups in total. The average molecular weight is 535 g/mol. The van der Waals surface area contributed by atoms with Crippen LogP contribution >= 0.6 is 39.3 Å². The van der Waals surface area contributed by atoms with Crippen LogP contribution in [0.25, 0.3) is 0 Å². The minimum absolute atomic E-state index is 0.138. The number of benzene rings is 2. The van der Waals surface area contributed by atoms with Crippen molar-refractivity contribution in [3.63, 3.8) is 0 Å². The quantitative estimate of drug-likeness (QED) is 0.303. The van der Waals surface area contributed by atoms with Crippen LogP contribution in [0, 0.1) is 6.92 Å². The van der Waals surface area contributed by atoms with Crippen LogP contribution in [0.5, 0.6) is 0 Å². The summed E-state index contributed by atoms with van der Waals surface area (Å²) >= 11 is 10.6. The van der Waals surface area contributed by atoms with Crippen LogP contribution in [-0.4, -0.2) is 32.3 Å². The fourth-order valence-corrected chi connectivity index (χ4v) is 4.01. The maximum absolute atomic E-state index is 12.4. The monoisotopic (exact) mass is 533 g/mol. The number of carbonyl (C=O) groups is 2. The van der Waals surface area contributed by atoms with Gasteiger partial charge in [-0.2, -0.15) is 0 Å². The first-order valence-electron chi connectivity index (χ1n) is 9.63. The first kappa shape index (κ1) is 24.0. The van der Waals surface area contributed by atoms with Gasteiger partial charge in [0.05, 0.1) is 17.3 Å². The Kier molecular flexibility index (Phi) is 8.49. The van der Waals surface area contributed by atoms with E-state index in [1.165, 1.54) is 11.8 Å². The molecule has 3 aromatic rings. The number of nitrogens with zero attached hydrogens (tertiary/aromatic N) is 3. The third-order valence-corrected chi connectivity index (χ3v) is 6.53. The van der Waals surface area contributed by atoms with Crippen molar-refractivity contribution in [2.24, 2.45) is 0 Å². The summed E-state index contributed by atoms with van der Waals surface area (Å²) in [7, 11) is 0. The number of nitrogens with one attached hydrogen (secondary N) is 2. The van der Waals surface area contributed by atoms with E-state index >= 15 is 0 Å². The van der Waals surface area contributed by atoms with Gasteiger partial charge in [0, 0.05) is 22.3 Å². The van der Waals surface area contributed by atoms with Gasteiger partial charge in [-0.1, -0.05) is 47.1 Å². The molecular formula is C22H21BrClN5O2S. The summed E-state index contributed by atoms with van der Waals surface area (Å²) in [6.07, 6.45) is 1.71. The van der Waals surface area contributed by atoms with Crippen molar-refractivity contribution in [1.82, 2.24) is 20.1 Å². The summed E-state index contributed by atoms with van der Waals surface area (Å²) < 4.78 is 2.57. The van der Waals surface area contributed by atoms with E-state index in [1.807, 2.05) is 29.7 Å². The molecule has 2 amide bonds. The molecule has 0 saturated carbocycles. The number of hydrogen-bond acceptors (Lipinski definition) is 5. The zero-order valence-corrected chi connectivity index (χ0v) is 20.4. The Morgan fingerprint density at radius 2 is 2.06 bits per heavy atom. The van der Waals surface area contributed by atoms with Crippen LogP contribution in [0.3, 0.4) is 0 Å². The maximum Gasteiger partial charge on any atom is 0.251 e. The number of halogens is 2. The number of rotatable bonds is 9. The molecule has 0 saturated heterocycles. The first-order chi connectivity index (χ1) is 15.4. The van der Waals surface area contributed by atoms with Gasteiger partial charge in [-0.25, -0.2) is 0 Å². The smallest absolute Gasteiger partial charge is 0.251 e. The molecule has 0 atom stereocenters. The minimum atomic E-state index is -0.198. The highest BCUT2D eigenvalue weighted by molar-refractivity contribution is 9.10. The largest absolute Gasteiger partial charge is 0.345 e. The molecule has 1 heterocycles. The number of aromatic nitrogens is 3. The van der Waals surface area contributed by atoms with E-state index in [0.717, 1.165) is 10.0 Å². The minimum Gasteiger partial charge on any atom is -0.345 e. The highest BCUT2D eigenvalue weighted by Crippen LogP contribution is 2.26.